The normalized spacial score (nSPS) is 18.7. The van der Waals surface area contributed by atoms with Gasteiger partial charge in [-0.25, -0.2) is 9.97 Å². The molecule has 96 valence electrons. The molecule has 0 saturated carbocycles. The number of rotatable bonds is 3. The Morgan fingerprint density at radius 1 is 1.44 bits per heavy atom. The Morgan fingerprint density at radius 3 is 2.83 bits per heavy atom. The summed E-state index contributed by atoms with van der Waals surface area (Å²) in [5, 5.41) is 2.89. The number of likely N-dealkylation sites (tertiary alicyclic amines) is 1. The van der Waals surface area contributed by atoms with Crippen molar-refractivity contribution in [1.82, 2.24) is 20.2 Å². The summed E-state index contributed by atoms with van der Waals surface area (Å²) in [6.07, 6.45) is 5.64. The molecule has 0 radical (unpaired) electrons. The molecular weight excluding hydrogens is 232 g/mol. The summed E-state index contributed by atoms with van der Waals surface area (Å²) < 4.78 is 0. The number of nitrogens with zero attached hydrogens (tertiary/aromatic N) is 3. The second kappa shape index (κ2) is 5.57. The van der Waals surface area contributed by atoms with E-state index in [0.717, 1.165) is 6.42 Å². The van der Waals surface area contributed by atoms with Crippen LogP contribution < -0.4 is 5.32 Å². The minimum atomic E-state index is -0.189. The maximum absolute atomic E-state index is 11.9. The summed E-state index contributed by atoms with van der Waals surface area (Å²) in [4.78, 5) is 32.7. The van der Waals surface area contributed by atoms with Crippen molar-refractivity contribution >= 4 is 11.8 Å². The first-order valence-electron chi connectivity index (χ1n) is 6.04. The molecule has 1 saturated heterocycles. The lowest BCUT2D eigenvalue weighted by atomic mass is 10.2. The number of carbonyl (C=O) groups is 2. The monoisotopic (exact) mass is 248 g/mol. The molecule has 1 aromatic heterocycles. The van der Waals surface area contributed by atoms with Crippen LogP contribution in [0.2, 0.25) is 0 Å². The van der Waals surface area contributed by atoms with Crippen molar-refractivity contribution in [3.63, 3.8) is 0 Å². The van der Waals surface area contributed by atoms with Crippen LogP contribution >= 0.6 is 0 Å². The lowest BCUT2D eigenvalue weighted by Gasteiger charge is -2.16. The number of carbonyl (C=O) groups excluding carboxylic acids is 2. The molecule has 1 unspecified atom stereocenters. The molecule has 1 aliphatic heterocycles. The van der Waals surface area contributed by atoms with Crippen LogP contribution in [0, 0.1) is 0 Å². The van der Waals surface area contributed by atoms with Gasteiger partial charge in [0.1, 0.15) is 6.33 Å². The molecule has 2 amide bonds. The van der Waals surface area contributed by atoms with Crippen LogP contribution in [0.5, 0.6) is 0 Å². The molecule has 1 fully saturated rings. The molecule has 0 aliphatic carbocycles. The van der Waals surface area contributed by atoms with Crippen LogP contribution in [0.3, 0.4) is 0 Å². The van der Waals surface area contributed by atoms with E-state index in [9.17, 15) is 9.59 Å². The number of hydrogen-bond acceptors (Lipinski definition) is 4. The Morgan fingerprint density at radius 2 is 2.17 bits per heavy atom. The van der Waals surface area contributed by atoms with Crippen molar-refractivity contribution in [1.29, 1.82) is 0 Å². The summed E-state index contributed by atoms with van der Waals surface area (Å²) in [6, 6.07) is 0.0215. The van der Waals surface area contributed by atoms with Crippen LogP contribution in [-0.4, -0.2) is 45.8 Å². The highest BCUT2D eigenvalue weighted by atomic mass is 16.2. The molecule has 0 spiro atoms. The topological polar surface area (TPSA) is 75.2 Å². The van der Waals surface area contributed by atoms with Crippen molar-refractivity contribution in [2.75, 3.05) is 13.1 Å². The van der Waals surface area contributed by atoms with Crippen LogP contribution in [-0.2, 0) is 4.79 Å². The minimum absolute atomic E-state index is 0.0215. The van der Waals surface area contributed by atoms with Crippen LogP contribution in [0.1, 0.15) is 30.1 Å². The van der Waals surface area contributed by atoms with Crippen molar-refractivity contribution in [3.8, 4) is 0 Å². The Hall–Kier alpha value is -1.98. The lowest BCUT2D eigenvalue weighted by molar-refractivity contribution is -0.129. The second-order valence-corrected chi connectivity index (χ2v) is 4.28. The van der Waals surface area contributed by atoms with Gasteiger partial charge in [-0.3, -0.25) is 9.59 Å². The fraction of sp³-hybridized carbons (Fsp3) is 0.500. The molecule has 18 heavy (non-hydrogen) atoms. The van der Waals surface area contributed by atoms with Gasteiger partial charge in [0.2, 0.25) is 5.91 Å². The predicted molar refractivity (Wildman–Crippen MR) is 64.8 cm³/mol. The summed E-state index contributed by atoms with van der Waals surface area (Å²) in [5.41, 5.74) is 0.442. The molecule has 2 rings (SSSR count). The lowest BCUT2D eigenvalue weighted by Crippen LogP contribution is -2.38. The standard InChI is InChI=1S/C12H16N4O2/c1-2-11(17)16-4-3-10(7-16)15-12(18)9-5-13-8-14-6-9/h5-6,8,10H,2-4,7H2,1H3,(H,15,18). The number of hydrogen-bond donors (Lipinski definition) is 1. The maximum atomic E-state index is 11.9. The third-order valence-corrected chi connectivity index (χ3v) is 3.00. The van der Waals surface area contributed by atoms with Gasteiger partial charge < -0.3 is 10.2 Å². The zero-order chi connectivity index (χ0) is 13.0. The van der Waals surface area contributed by atoms with Gasteiger partial charge in [0.25, 0.3) is 5.91 Å². The highest BCUT2D eigenvalue weighted by Gasteiger charge is 2.26. The van der Waals surface area contributed by atoms with Gasteiger partial charge in [-0.05, 0) is 6.42 Å². The van der Waals surface area contributed by atoms with Gasteiger partial charge in [-0.15, -0.1) is 0 Å². The third-order valence-electron chi connectivity index (χ3n) is 3.00. The zero-order valence-electron chi connectivity index (χ0n) is 10.3. The fourth-order valence-electron chi connectivity index (χ4n) is 2.01. The zero-order valence-corrected chi connectivity index (χ0v) is 10.3. The Balaban J connectivity index is 1.89. The predicted octanol–water partition coefficient (Wildman–Crippen LogP) is 0.217. The van der Waals surface area contributed by atoms with Crippen LogP contribution in [0.15, 0.2) is 18.7 Å². The van der Waals surface area contributed by atoms with E-state index in [1.54, 1.807) is 4.90 Å². The highest BCUT2D eigenvalue weighted by Crippen LogP contribution is 2.11. The minimum Gasteiger partial charge on any atom is -0.347 e. The van der Waals surface area contributed by atoms with Gasteiger partial charge in [0, 0.05) is 37.9 Å². The van der Waals surface area contributed by atoms with E-state index < -0.39 is 0 Å². The average Bonchev–Trinajstić information content (AvgIpc) is 2.87. The Kier molecular flexibility index (Phi) is 3.86. The smallest absolute Gasteiger partial charge is 0.254 e. The van der Waals surface area contributed by atoms with E-state index in [-0.39, 0.29) is 17.9 Å². The van der Waals surface area contributed by atoms with E-state index in [4.69, 9.17) is 0 Å². The van der Waals surface area contributed by atoms with Crippen LogP contribution in [0.4, 0.5) is 0 Å². The maximum Gasteiger partial charge on any atom is 0.254 e. The first kappa shape index (κ1) is 12.5. The van der Waals surface area contributed by atoms with E-state index >= 15 is 0 Å². The Bertz CT molecular complexity index is 435. The Labute approximate surface area is 105 Å². The number of amides is 2. The van der Waals surface area contributed by atoms with Crippen molar-refractivity contribution in [2.24, 2.45) is 0 Å². The van der Waals surface area contributed by atoms with Crippen molar-refractivity contribution in [2.45, 2.75) is 25.8 Å². The molecule has 2 heterocycles. The van der Waals surface area contributed by atoms with E-state index in [2.05, 4.69) is 15.3 Å². The summed E-state index contributed by atoms with van der Waals surface area (Å²) in [6.45, 7) is 3.14. The van der Waals surface area contributed by atoms with E-state index in [1.165, 1.54) is 18.7 Å². The first-order chi connectivity index (χ1) is 8.70. The molecule has 1 N–H and O–H groups in total. The third kappa shape index (κ3) is 2.82. The molecule has 1 atom stereocenters. The second-order valence-electron chi connectivity index (χ2n) is 4.28. The first-order valence-corrected chi connectivity index (χ1v) is 6.04. The molecule has 1 aliphatic rings. The van der Waals surface area contributed by atoms with Gasteiger partial charge >= 0.3 is 0 Å². The fourth-order valence-corrected chi connectivity index (χ4v) is 2.01. The van der Waals surface area contributed by atoms with Crippen molar-refractivity contribution in [3.05, 3.63) is 24.3 Å². The molecule has 6 heteroatoms. The quantitative estimate of drug-likeness (QED) is 0.830. The van der Waals surface area contributed by atoms with Gasteiger partial charge in [0.15, 0.2) is 0 Å². The number of aromatic nitrogens is 2. The van der Waals surface area contributed by atoms with E-state index in [1.807, 2.05) is 6.92 Å². The van der Waals surface area contributed by atoms with Gasteiger partial charge in [-0.1, -0.05) is 6.92 Å². The molecule has 1 aromatic rings. The summed E-state index contributed by atoms with van der Waals surface area (Å²) >= 11 is 0. The van der Waals surface area contributed by atoms with Gasteiger partial charge in [0.05, 0.1) is 5.56 Å². The number of nitrogens with one attached hydrogen (secondary N) is 1. The highest BCUT2D eigenvalue weighted by molar-refractivity contribution is 5.93. The molecule has 0 aromatic carbocycles. The van der Waals surface area contributed by atoms with Crippen LogP contribution in [0.25, 0.3) is 0 Å². The van der Waals surface area contributed by atoms with E-state index in [0.29, 0.717) is 25.1 Å². The summed E-state index contributed by atoms with van der Waals surface area (Å²) in [5.74, 6) is -0.0545. The van der Waals surface area contributed by atoms with Gasteiger partial charge in [-0.2, -0.15) is 0 Å². The SMILES string of the molecule is CCC(=O)N1CCC(NC(=O)c2cncnc2)C1. The molecular formula is C12H16N4O2. The molecule has 0 bridgehead atoms. The summed E-state index contributed by atoms with van der Waals surface area (Å²) in [7, 11) is 0. The molecule has 6 nitrogen and oxygen atoms in total. The average molecular weight is 248 g/mol. The van der Waals surface area contributed by atoms with Crippen molar-refractivity contribution < 1.29 is 9.59 Å². The largest absolute Gasteiger partial charge is 0.347 e.